The van der Waals surface area contributed by atoms with Gasteiger partial charge in [-0.05, 0) is 49.8 Å². The van der Waals surface area contributed by atoms with Crippen molar-refractivity contribution in [2.24, 2.45) is 0 Å². The summed E-state index contributed by atoms with van der Waals surface area (Å²) in [5.41, 5.74) is 9.14. The molecule has 34 heavy (non-hydrogen) atoms. The van der Waals surface area contributed by atoms with E-state index < -0.39 is 30.6 Å². The molecule has 2 aromatic heterocycles. The molecular formula is C22H22F4N6O2. The molecule has 0 aliphatic heterocycles. The summed E-state index contributed by atoms with van der Waals surface area (Å²) in [7, 11) is 0. The second-order valence-electron chi connectivity index (χ2n) is 7.62. The summed E-state index contributed by atoms with van der Waals surface area (Å²) in [6.07, 6.45) is -2.65. The van der Waals surface area contributed by atoms with Crippen LogP contribution in [0.15, 0.2) is 59.1 Å². The molecule has 0 spiro atoms. The number of nitrogens with zero attached hydrogens (tertiary/aromatic N) is 4. The Kier molecular flexibility index (Phi) is 6.91. The van der Waals surface area contributed by atoms with E-state index in [4.69, 9.17) is 5.73 Å². The number of hydroxylamine groups is 1. The third-order valence-electron chi connectivity index (χ3n) is 4.72. The van der Waals surface area contributed by atoms with E-state index >= 15 is 0 Å². The maximum absolute atomic E-state index is 13.6. The third kappa shape index (κ3) is 5.34. The first kappa shape index (κ1) is 24.7. The molecule has 0 bridgehead atoms. The van der Waals surface area contributed by atoms with Gasteiger partial charge in [-0.15, -0.1) is 5.10 Å². The van der Waals surface area contributed by atoms with E-state index in [2.05, 4.69) is 16.7 Å². The molecule has 4 N–H and O–H groups in total. The average molecular weight is 478 g/mol. The number of nitrogen functional groups attached to an aromatic ring is 1. The number of allylic oxidation sites excluding steroid dienone is 5. The summed E-state index contributed by atoms with van der Waals surface area (Å²) in [5, 5.41) is 13.4. The van der Waals surface area contributed by atoms with Gasteiger partial charge in [-0.1, -0.05) is 18.2 Å². The van der Waals surface area contributed by atoms with Crippen LogP contribution in [-0.4, -0.2) is 30.5 Å². The Balaban J connectivity index is 2.42. The van der Waals surface area contributed by atoms with Gasteiger partial charge in [0, 0.05) is 11.3 Å². The molecule has 0 aliphatic rings. The van der Waals surface area contributed by atoms with Crippen molar-refractivity contribution in [2.45, 2.75) is 33.0 Å². The fraction of sp³-hybridized carbons (Fsp3) is 0.227. The van der Waals surface area contributed by atoms with Crippen molar-refractivity contribution in [3.63, 3.8) is 0 Å². The van der Waals surface area contributed by atoms with Crippen molar-refractivity contribution in [3.8, 4) is 11.3 Å². The highest BCUT2D eigenvalue weighted by Crippen LogP contribution is 2.33. The summed E-state index contributed by atoms with van der Waals surface area (Å²) in [4.78, 5) is 17.2. The van der Waals surface area contributed by atoms with Crippen LogP contribution in [0.25, 0.3) is 22.5 Å². The molecule has 3 rings (SSSR count). The lowest BCUT2D eigenvalue weighted by Crippen LogP contribution is -2.25. The van der Waals surface area contributed by atoms with Gasteiger partial charge in [-0.25, -0.2) is 23.3 Å². The van der Waals surface area contributed by atoms with Gasteiger partial charge in [-0.3, -0.25) is 10.7 Å². The highest BCUT2D eigenvalue weighted by atomic mass is 19.4. The minimum Gasteiger partial charge on any atom is -0.369 e. The van der Waals surface area contributed by atoms with Crippen molar-refractivity contribution in [1.82, 2.24) is 24.6 Å². The zero-order valence-electron chi connectivity index (χ0n) is 18.3. The molecule has 180 valence electrons. The molecule has 0 amide bonds. The van der Waals surface area contributed by atoms with Gasteiger partial charge < -0.3 is 5.73 Å². The van der Waals surface area contributed by atoms with Gasteiger partial charge in [0.2, 0.25) is 5.95 Å². The normalized spacial score (nSPS) is 12.9. The standard InChI is InChI=1S/C22H22F4N6O2/c1-12(2)10-15(11-13(3)30-34)17-18(14-4-6-16(23)7-5-14)28-20(27)32-19(17)29-31(21(32)33)9-8-22(24,25)26/h4-7,10-11,30,34H,1,8-9H2,2-3H3,(H2,27,28)/b13-11-,15-10+. The number of nitrogens with two attached hydrogens (primary N) is 1. The minimum absolute atomic E-state index is 0.0616. The molecule has 12 heteroatoms. The first-order valence-electron chi connectivity index (χ1n) is 9.99. The molecule has 8 nitrogen and oxygen atoms in total. The molecule has 0 saturated heterocycles. The zero-order chi connectivity index (χ0) is 25.2. The molecule has 0 unspecified atom stereocenters. The number of hydrogen-bond acceptors (Lipinski definition) is 6. The number of alkyl halides is 3. The van der Waals surface area contributed by atoms with Crippen LogP contribution < -0.4 is 16.9 Å². The predicted octanol–water partition coefficient (Wildman–Crippen LogP) is 4.07. The second-order valence-corrected chi connectivity index (χ2v) is 7.62. The maximum atomic E-state index is 13.6. The zero-order valence-corrected chi connectivity index (χ0v) is 18.3. The molecule has 0 radical (unpaired) electrons. The molecule has 0 atom stereocenters. The van der Waals surface area contributed by atoms with Crippen molar-refractivity contribution < 1.29 is 22.8 Å². The number of benzene rings is 1. The van der Waals surface area contributed by atoms with Crippen molar-refractivity contribution in [2.75, 3.05) is 5.73 Å². The summed E-state index contributed by atoms with van der Waals surface area (Å²) >= 11 is 0. The molecule has 1 aromatic carbocycles. The third-order valence-corrected chi connectivity index (χ3v) is 4.72. The Morgan fingerprint density at radius 2 is 1.88 bits per heavy atom. The van der Waals surface area contributed by atoms with Crippen LogP contribution in [0.1, 0.15) is 25.8 Å². The topological polar surface area (TPSA) is 110 Å². The number of fused-ring (bicyclic) bond motifs is 1. The smallest absolute Gasteiger partial charge is 0.369 e. The average Bonchev–Trinajstić information content (AvgIpc) is 3.08. The van der Waals surface area contributed by atoms with Crippen LogP contribution in [-0.2, 0) is 6.54 Å². The van der Waals surface area contributed by atoms with Gasteiger partial charge in [0.15, 0.2) is 5.65 Å². The lowest BCUT2D eigenvalue weighted by molar-refractivity contribution is -0.137. The van der Waals surface area contributed by atoms with Crippen LogP contribution in [0.4, 0.5) is 23.5 Å². The lowest BCUT2D eigenvalue weighted by Gasteiger charge is -2.14. The number of anilines is 1. The Morgan fingerprint density at radius 1 is 1.24 bits per heavy atom. The summed E-state index contributed by atoms with van der Waals surface area (Å²) in [6.45, 7) is 6.37. The van der Waals surface area contributed by atoms with Crippen LogP contribution in [0.3, 0.4) is 0 Å². The van der Waals surface area contributed by atoms with Crippen molar-refractivity contribution in [3.05, 3.63) is 76.1 Å². The van der Waals surface area contributed by atoms with Crippen LogP contribution >= 0.6 is 0 Å². The van der Waals surface area contributed by atoms with Crippen molar-refractivity contribution in [1.29, 1.82) is 0 Å². The monoisotopic (exact) mass is 478 g/mol. The van der Waals surface area contributed by atoms with Gasteiger partial charge in [-0.2, -0.15) is 13.2 Å². The summed E-state index contributed by atoms with van der Waals surface area (Å²) < 4.78 is 53.5. The van der Waals surface area contributed by atoms with Gasteiger partial charge >= 0.3 is 11.9 Å². The molecular weight excluding hydrogens is 456 g/mol. The highest BCUT2D eigenvalue weighted by molar-refractivity contribution is 5.92. The first-order chi connectivity index (χ1) is 15.9. The Labute approximate surface area is 191 Å². The fourth-order valence-corrected chi connectivity index (χ4v) is 3.28. The Morgan fingerprint density at radius 3 is 2.44 bits per heavy atom. The van der Waals surface area contributed by atoms with Crippen LogP contribution in [0.5, 0.6) is 0 Å². The molecule has 0 saturated carbocycles. The molecule has 0 aliphatic carbocycles. The number of aromatic nitrogens is 4. The summed E-state index contributed by atoms with van der Waals surface area (Å²) in [5.74, 6) is -0.804. The molecule has 2 heterocycles. The Bertz CT molecular complexity index is 1350. The van der Waals surface area contributed by atoms with E-state index in [-0.39, 0.29) is 22.9 Å². The largest absolute Gasteiger partial charge is 0.390 e. The van der Waals surface area contributed by atoms with Gasteiger partial charge in [0.1, 0.15) is 5.82 Å². The van der Waals surface area contributed by atoms with Crippen LogP contribution in [0.2, 0.25) is 0 Å². The lowest BCUT2D eigenvalue weighted by atomic mass is 9.97. The number of aryl methyl sites for hydroxylation is 1. The first-order valence-corrected chi connectivity index (χ1v) is 9.99. The SMILES string of the molecule is C=C(C)/C=C(\C=C(\C)NO)c1c(-c2ccc(F)cc2)nc(N)n2c(=O)n(CCC(F)(F)F)nc12. The number of nitrogens with one attached hydrogen (secondary N) is 1. The van der Waals surface area contributed by atoms with E-state index in [1.165, 1.54) is 30.3 Å². The van der Waals surface area contributed by atoms with Gasteiger partial charge in [0.25, 0.3) is 0 Å². The minimum atomic E-state index is -4.50. The maximum Gasteiger partial charge on any atom is 0.390 e. The van der Waals surface area contributed by atoms with E-state index in [9.17, 15) is 27.6 Å². The quantitative estimate of drug-likeness (QED) is 0.268. The second kappa shape index (κ2) is 9.51. The molecule has 3 aromatic rings. The fourth-order valence-electron chi connectivity index (χ4n) is 3.28. The summed E-state index contributed by atoms with van der Waals surface area (Å²) in [6, 6.07) is 5.28. The highest BCUT2D eigenvalue weighted by Gasteiger charge is 2.28. The Hall–Kier alpha value is -3.93. The van der Waals surface area contributed by atoms with E-state index in [0.29, 0.717) is 27.1 Å². The van der Waals surface area contributed by atoms with E-state index in [1.54, 1.807) is 19.9 Å². The predicted molar refractivity (Wildman–Crippen MR) is 119 cm³/mol. The number of rotatable bonds is 7. The van der Waals surface area contributed by atoms with E-state index in [1.807, 2.05) is 5.48 Å². The van der Waals surface area contributed by atoms with E-state index in [0.717, 1.165) is 4.40 Å². The molecule has 0 fully saturated rings. The van der Waals surface area contributed by atoms with Crippen molar-refractivity contribution >= 4 is 17.2 Å². The number of halogens is 4. The van der Waals surface area contributed by atoms with Gasteiger partial charge in [0.05, 0.1) is 24.2 Å². The van der Waals surface area contributed by atoms with Crippen LogP contribution in [0, 0.1) is 5.82 Å². The number of hydrogen-bond donors (Lipinski definition) is 3.